The molecule has 0 fully saturated rings. The van der Waals surface area contributed by atoms with Gasteiger partial charge in [0.15, 0.2) is 0 Å². The monoisotopic (exact) mass is 176 g/mol. The fourth-order valence-electron chi connectivity index (χ4n) is 0.583. The molecule has 2 amide bonds. The SMILES string of the molecule is CC(CCOC(N)=O)OC(N)=O. The van der Waals surface area contributed by atoms with Gasteiger partial charge in [0.2, 0.25) is 0 Å². The van der Waals surface area contributed by atoms with Gasteiger partial charge in [-0.15, -0.1) is 0 Å². The summed E-state index contributed by atoms with van der Waals surface area (Å²) in [5.41, 5.74) is 9.42. The number of ether oxygens (including phenoxy) is 2. The Bertz CT molecular complexity index is 171. The summed E-state index contributed by atoms with van der Waals surface area (Å²) in [6, 6.07) is 0. The lowest BCUT2D eigenvalue weighted by Crippen LogP contribution is -2.23. The second kappa shape index (κ2) is 5.22. The summed E-state index contributed by atoms with van der Waals surface area (Å²) in [6.07, 6.45) is -1.68. The van der Waals surface area contributed by atoms with Gasteiger partial charge in [-0.3, -0.25) is 0 Å². The first-order valence-corrected chi connectivity index (χ1v) is 3.40. The quantitative estimate of drug-likeness (QED) is 0.626. The van der Waals surface area contributed by atoms with Crippen molar-refractivity contribution in [1.82, 2.24) is 0 Å². The Hall–Kier alpha value is -1.46. The molecule has 0 aromatic carbocycles. The van der Waals surface area contributed by atoms with Crippen LogP contribution < -0.4 is 11.5 Å². The number of carbonyl (C=O) groups excluding carboxylic acids is 2. The summed E-state index contributed by atoms with van der Waals surface area (Å²) in [7, 11) is 0. The average Bonchev–Trinajstić information content (AvgIpc) is 1.84. The second-order valence-electron chi connectivity index (χ2n) is 2.20. The van der Waals surface area contributed by atoms with Crippen molar-refractivity contribution in [3.63, 3.8) is 0 Å². The fourth-order valence-corrected chi connectivity index (χ4v) is 0.583. The molecule has 0 aromatic heterocycles. The highest BCUT2D eigenvalue weighted by molar-refractivity contribution is 5.65. The van der Waals surface area contributed by atoms with Gasteiger partial charge < -0.3 is 20.9 Å². The van der Waals surface area contributed by atoms with Gasteiger partial charge in [0.25, 0.3) is 0 Å². The molecule has 4 N–H and O–H groups in total. The van der Waals surface area contributed by atoms with Gasteiger partial charge in [0, 0.05) is 6.42 Å². The van der Waals surface area contributed by atoms with E-state index in [1.54, 1.807) is 6.92 Å². The third-order valence-electron chi connectivity index (χ3n) is 1.09. The summed E-state index contributed by atoms with van der Waals surface area (Å²) < 4.78 is 8.94. The third-order valence-corrected chi connectivity index (χ3v) is 1.09. The number of carbonyl (C=O) groups is 2. The van der Waals surface area contributed by atoms with Crippen molar-refractivity contribution < 1.29 is 19.1 Å². The molecule has 0 aliphatic carbocycles. The minimum atomic E-state index is -0.846. The lowest BCUT2D eigenvalue weighted by Gasteiger charge is -2.10. The number of amides is 2. The van der Waals surface area contributed by atoms with Crippen molar-refractivity contribution in [3.8, 4) is 0 Å². The van der Waals surface area contributed by atoms with E-state index in [-0.39, 0.29) is 12.7 Å². The highest BCUT2D eigenvalue weighted by Gasteiger charge is 2.06. The third kappa shape index (κ3) is 6.66. The van der Waals surface area contributed by atoms with Gasteiger partial charge in [0.05, 0.1) is 6.61 Å². The molecule has 0 rings (SSSR count). The molecule has 6 heteroatoms. The molecule has 1 unspecified atom stereocenters. The zero-order chi connectivity index (χ0) is 9.56. The number of hydrogen-bond acceptors (Lipinski definition) is 4. The van der Waals surface area contributed by atoms with Gasteiger partial charge >= 0.3 is 12.2 Å². The van der Waals surface area contributed by atoms with Crippen LogP contribution in [0.1, 0.15) is 13.3 Å². The molecule has 0 radical (unpaired) electrons. The van der Waals surface area contributed by atoms with Crippen molar-refractivity contribution in [2.24, 2.45) is 11.5 Å². The van der Waals surface area contributed by atoms with Crippen LogP contribution in [0.3, 0.4) is 0 Å². The Kier molecular flexibility index (Phi) is 4.59. The number of nitrogens with two attached hydrogens (primary N) is 2. The van der Waals surface area contributed by atoms with E-state index in [0.717, 1.165) is 0 Å². The van der Waals surface area contributed by atoms with E-state index in [1.165, 1.54) is 0 Å². The van der Waals surface area contributed by atoms with Gasteiger partial charge in [-0.1, -0.05) is 0 Å². The van der Waals surface area contributed by atoms with Crippen LogP contribution >= 0.6 is 0 Å². The highest BCUT2D eigenvalue weighted by Crippen LogP contribution is 1.96. The normalized spacial score (nSPS) is 11.8. The number of primary amides is 2. The molecule has 0 spiro atoms. The van der Waals surface area contributed by atoms with Crippen LogP contribution in [-0.4, -0.2) is 24.9 Å². The molecular weight excluding hydrogens is 164 g/mol. The van der Waals surface area contributed by atoms with E-state index in [2.05, 4.69) is 15.2 Å². The van der Waals surface area contributed by atoms with Gasteiger partial charge in [0.1, 0.15) is 6.10 Å². The predicted octanol–water partition coefficient (Wildman–Crippen LogP) is -0.0444. The van der Waals surface area contributed by atoms with E-state index in [4.69, 9.17) is 5.73 Å². The molecule has 0 aliphatic heterocycles. The van der Waals surface area contributed by atoms with Crippen molar-refractivity contribution in [3.05, 3.63) is 0 Å². The largest absolute Gasteiger partial charge is 0.450 e. The Labute approximate surface area is 69.8 Å². The zero-order valence-corrected chi connectivity index (χ0v) is 6.78. The van der Waals surface area contributed by atoms with Crippen LogP contribution in [0.2, 0.25) is 0 Å². The molecule has 12 heavy (non-hydrogen) atoms. The van der Waals surface area contributed by atoms with E-state index in [1.807, 2.05) is 0 Å². The smallest absolute Gasteiger partial charge is 0.404 e. The van der Waals surface area contributed by atoms with Gasteiger partial charge in [-0.05, 0) is 6.92 Å². The van der Waals surface area contributed by atoms with Crippen LogP contribution in [0.4, 0.5) is 9.59 Å². The van der Waals surface area contributed by atoms with Crippen LogP contribution in [0.5, 0.6) is 0 Å². The van der Waals surface area contributed by atoms with Crippen molar-refractivity contribution in [2.75, 3.05) is 6.61 Å². The maximum absolute atomic E-state index is 10.2. The van der Waals surface area contributed by atoms with Crippen LogP contribution in [0.15, 0.2) is 0 Å². The van der Waals surface area contributed by atoms with E-state index in [9.17, 15) is 9.59 Å². The van der Waals surface area contributed by atoms with E-state index >= 15 is 0 Å². The highest BCUT2D eigenvalue weighted by atomic mass is 16.6. The zero-order valence-electron chi connectivity index (χ0n) is 6.78. The summed E-state index contributed by atoms with van der Waals surface area (Å²) in [6.45, 7) is 1.75. The first kappa shape index (κ1) is 10.5. The standard InChI is InChI=1S/C6H12N2O4/c1-4(12-6(8)10)2-3-11-5(7)9/h4H,2-3H2,1H3,(H2,7,9)(H2,8,10). The summed E-state index contributed by atoms with van der Waals surface area (Å²) in [5, 5.41) is 0. The molecule has 0 aliphatic rings. The molecule has 0 bridgehead atoms. The van der Waals surface area contributed by atoms with Crippen LogP contribution in [0.25, 0.3) is 0 Å². The summed E-state index contributed by atoms with van der Waals surface area (Å²) in [5.74, 6) is 0. The first-order valence-electron chi connectivity index (χ1n) is 3.40. The molecule has 0 saturated heterocycles. The maximum Gasteiger partial charge on any atom is 0.404 e. The Morgan fingerprint density at radius 2 is 1.92 bits per heavy atom. The molecule has 0 heterocycles. The molecular formula is C6H12N2O4. The second-order valence-corrected chi connectivity index (χ2v) is 2.20. The van der Waals surface area contributed by atoms with Gasteiger partial charge in [-0.25, -0.2) is 9.59 Å². The Morgan fingerprint density at radius 1 is 1.33 bits per heavy atom. The van der Waals surface area contributed by atoms with Gasteiger partial charge in [-0.2, -0.15) is 0 Å². The Morgan fingerprint density at radius 3 is 2.33 bits per heavy atom. The molecule has 0 saturated carbocycles. The van der Waals surface area contributed by atoms with E-state index in [0.29, 0.717) is 6.42 Å². The lowest BCUT2D eigenvalue weighted by atomic mass is 10.3. The minimum Gasteiger partial charge on any atom is -0.450 e. The van der Waals surface area contributed by atoms with Crippen molar-refractivity contribution >= 4 is 12.2 Å². The Balaban J connectivity index is 3.37. The summed E-state index contributed by atoms with van der Waals surface area (Å²) in [4.78, 5) is 20.2. The number of hydrogen-bond donors (Lipinski definition) is 2. The number of rotatable bonds is 4. The van der Waals surface area contributed by atoms with Crippen molar-refractivity contribution in [1.29, 1.82) is 0 Å². The maximum atomic E-state index is 10.2. The lowest BCUT2D eigenvalue weighted by molar-refractivity contribution is 0.0903. The minimum absolute atomic E-state index is 0.115. The topological polar surface area (TPSA) is 105 Å². The summed E-state index contributed by atoms with van der Waals surface area (Å²) >= 11 is 0. The van der Waals surface area contributed by atoms with E-state index < -0.39 is 12.2 Å². The fraction of sp³-hybridized carbons (Fsp3) is 0.667. The van der Waals surface area contributed by atoms with Crippen LogP contribution in [0, 0.1) is 0 Å². The molecule has 70 valence electrons. The average molecular weight is 176 g/mol. The van der Waals surface area contributed by atoms with Crippen LogP contribution in [-0.2, 0) is 9.47 Å². The molecule has 6 nitrogen and oxygen atoms in total. The van der Waals surface area contributed by atoms with Crippen molar-refractivity contribution in [2.45, 2.75) is 19.4 Å². The molecule has 1 atom stereocenters. The molecule has 0 aromatic rings. The first-order chi connectivity index (χ1) is 5.52. The predicted molar refractivity (Wildman–Crippen MR) is 40.3 cm³/mol.